The van der Waals surface area contributed by atoms with Crippen LogP contribution in [0.15, 0.2) is 36.8 Å². The minimum Gasteiger partial charge on any atom is -0.338 e. The lowest BCUT2D eigenvalue weighted by Gasteiger charge is -2.34. The molecule has 1 saturated heterocycles. The lowest BCUT2D eigenvalue weighted by molar-refractivity contribution is 0.242. The quantitative estimate of drug-likeness (QED) is 0.844. The zero-order valence-corrected chi connectivity index (χ0v) is 11.1. The second-order valence-corrected chi connectivity index (χ2v) is 4.74. The molecule has 2 aromatic rings. The van der Waals surface area contributed by atoms with Crippen molar-refractivity contribution in [1.82, 2.24) is 19.9 Å². The van der Waals surface area contributed by atoms with Crippen molar-refractivity contribution in [3.8, 4) is 0 Å². The van der Waals surface area contributed by atoms with Crippen LogP contribution in [-0.4, -0.2) is 46.0 Å². The first kappa shape index (κ1) is 12.9. The average molecular weight is 273 g/mol. The highest BCUT2D eigenvalue weighted by atomic mass is 19.1. The van der Waals surface area contributed by atoms with E-state index in [1.807, 2.05) is 6.07 Å². The molecule has 0 N–H and O–H groups in total. The predicted molar refractivity (Wildman–Crippen MR) is 73.7 cm³/mol. The Morgan fingerprint density at radius 1 is 0.950 bits per heavy atom. The molecule has 0 spiro atoms. The van der Waals surface area contributed by atoms with Crippen molar-refractivity contribution in [2.45, 2.75) is 6.54 Å². The first-order valence-corrected chi connectivity index (χ1v) is 6.66. The van der Waals surface area contributed by atoms with E-state index in [0.29, 0.717) is 12.2 Å². The number of nitrogens with zero attached hydrogens (tertiary/aromatic N) is 5. The fourth-order valence-electron chi connectivity index (χ4n) is 2.31. The summed E-state index contributed by atoms with van der Waals surface area (Å²) in [5.41, 5.74) is 0.511. The predicted octanol–water partition coefficient (Wildman–Crippen LogP) is 1.33. The minimum absolute atomic E-state index is 0.235. The Morgan fingerprint density at radius 3 is 2.35 bits per heavy atom. The van der Waals surface area contributed by atoms with Crippen LogP contribution in [0, 0.1) is 5.82 Å². The third-order valence-electron chi connectivity index (χ3n) is 3.42. The summed E-state index contributed by atoms with van der Waals surface area (Å²) in [6.45, 7) is 3.95. The van der Waals surface area contributed by atoms with E-state index in [0.717, 1.165) is 32.1 Å². The number of anilines is 1. The molecular weight excluding hydrogens is 257 g/mol. The van der Waals surface area contributed by atoms with Crippen LogP contribution in [0.5, 0.6) is 0 Å². The number of aromatic nitrogens is 3. The van der Waals surface area contributed by atoms with E-state index in [1.54, 1.807) is 24.7 Å². The Labute approximate surface area is 117 Å². The molecule has 0 atom stereocenters. The molecule has 0 bridgehead atoms. The van der Waals surface area contributed by atoms with Gasteiger partial charge in [-0.2, -0.15) is 0 Å². The van der Waals surface area contributed by atoms with Crippen LogP contribution in [0.2, 0.25) is 0 Å². The van der Waals surface area contributed by atoms with Gasteiger partial charge in [-0.3, -0.25) is 9.88 Å². The lowest BCUT2D eigenvalue weighted by atomic mass is 10.2. The van der Waals surface area contributed by atoms with Gasteiger partial charge in [0.15, 0.2) is 0 Å². The van der Waals surface area contributed by atoms with Crippen LogP contribution >= 0.6 is 0 Å². The van der Waals surface area contributed by atoms with Crippen LogP contribution in [-0.2, 0) is 6.54 Å². The monoisotopic (exact) mass is 273 g/mol. The van der Waals surface area contributed by atoms with E-state index in [2.05, 4.69) is 24.8 Å². The summed E-state index contributed by atoms with van der Waals surface area (Å²) in [4.78, 5) is 16.9. The van der Waals surface area contributed by atoms with Gasteiger partial charge in [0, 0.05) is 51.3 Å². The number of rotatable bonds is 3. The Morgan fingerprint density at radius 2 is 1.65 bits per heavy atom. The number of halogens is 1. The standard InChI is InChI=1S/C14H16FN5/c15-12-3-1-4-16-13(12)11-19-7-9-20(10-8-19)14-17-5-2-6-18-14/h1-6H,7-11H2. The van der Waals surface area contributed by atoms with E-state index in [-0.39, 0.29) is 5.82 Å². The average Bonchev–Trinajstić information content (AvgIpc) is 2.51. The van der Waals surface area contributed by atoms with Gasteiger partial charge >= 0.3 is 0 Å². The van der Waals surface area contributed by atoms with Gasteiger partial charge in [0.05, 0.1) is 5.69 Å². The maximum atomic E-state index is 13.6. The summed E-state index contributed by atoms with van der Waals surface area (Å²) in [5, 5.41) is 0. The molecule has 0 radical (unpaired) electrons. The number of hydrogen-bond acceptors (Lipinski definition) is 5. The zero-order valence-electron chi connectivity index (χ0n) is 11.1. The molecule has 0 saturated carbocycles. The van der Waals surface area contributed by atoms with Crippen molar-refractivity contribution in [3.63, 3.8) is 0 Å². The Kier molecular flexibility index (Phi) is 3.83. The molecule has 104 valence electrons. The Bertz CT molecular complexity index is 555. The van der Waals surface area contributed by atoms with Crippen LogP contribution in [0.3, 0.4) is 0 Å². The summed E-state index contributed by atoms with van der Waals surface area (Å²) < 4.78 is 13.6. The first-order chi connectivity index (χ1) is 9.83. The largest absolute Gasteiger partial charge is 0.338 e. The maximum Gasteiger partial charge on any atom is 0.225 e. The first-order valence-electron chi connectivity index (χ1n) is 6.66. The molecule has 0 unspecified atom stereocenters. The highest BCUT2D eigenvalue weighted by molar-refractivity contribution is 5.29. The van der Waals surface area contributed by atoms with Crippen molar-refractivity contribution in [1.29, 1.82) is 0 Å². The normalized spacial score (nSPS) is 16.4. The van der Waals surface area contributed by atoms with Gasteiger partial charge in [-0.15, -0.1) is 0 Å². The SMILES string of the molecule is Fc1cccnc1CN1CCN(c2ncccn2)CC1. The smallest absolute Gasteiger partial charge is 0.225 e. The van der Waals surface area contributed by atoms with Crippen molar-refractivity contribution < 1.29 is 4.39 Å². The van der Waals surface area contributed by atoms with Gasteiger partial charge in [0.25, 0.3) is 0 Å². The summed E-state index contributed by atoms with van der Waals surface area (Å²) in [5.74, 6) is 0.525. The fraction of sp³-hybridized carbons (Fsp3) is 0.357. The zero-order chi connectivity index (χ0) is 13.8. The van der Waals surface area contributed by atoms with Gasteiger partial charge < -0.3 is 4.90 Å². The Hall–Kier alpha value is -2.08. The highest BCUT2D eigenvalue weighted by Crippen LogP contribution is 2.12. The van der Waals surface area contributed by atoms with Crippen molar-refractivity contribution in [3.05, 3.63) is 48.3 Å². The van der Waals surface area contributed by atoms with Gasteiger partial charge in [0.2, 0.25) is 5.95 Å². The number of piperazine rings is 1. The molecule has 1 fully saturated rings. The van der Waals surface area contributed by atoms with E-state index in [4.69, 9.17) is 0 Å². The molecule has 6 heteroatoms. The molecule has 1 aliphatic rings. The van der Waals surface area contributed by atoms with Crippen LogP contribution in [0.25, 0.3) is 0 Å². The third-order valence-corrected chi connectivity index (χ3v) is 3.42. The second-order valence-electron chi connectivity index (χ2n) is 4.74. The van der Waals surface area contributed by atoms with Crippen LogP contribution in [0.1, 0.15) is 5.69 Å². The topological polar surface area (TPSA) is 45.2 Å². The van der Waals surface area contributed by atoms with Crippen molar-refractivity contribution in [2.24, 2.45) is 0 Å². The molecule has 1 aliphatic heterocycles. The Balaban J connectivity index is 1.58. The van der Waals surface area contributed by atoms with Gasteiger partial charge in [-0.05, 0) is 18.2 Å². The van der Waals surface area contributed by atoms with Gasteiger partial charge in [-0.25, -0.2) is 14.4 Å². The molecule has 0 amide bonds. The molecule has 0 aromatic carbocycles. The number of hydrogen-bond donors (Lipinski definition) is 0. The number of pyridine rings is 1. The van der Waals surface area contributed by atoms with E-state index >= 15 is 0 Å². The minimum atomic E-state index is -0.235. The lowest BCUT2D eigenvalue weighted by Crippen LogP contribution is -2.46. The molecule has 3 rings (SSSR count). The van der Waals surface area contributed by atoms with E-state index < -0.39 is 0 Å². The molecule has 20 heavy (non-hydrogen) atoms. The third kappa shape index (κ3) is 2.91. The van der Waals surface area contributed by atoms with Crippen molar-refractivity contribution >= 4 is 5.95 Å². The van der Waals surface area contributed by atoms with Crippen molar-refractivity contribution in [2.75, 3.05) is 31.1 Å². The summed E-state index contributed by atoms with van der Waals surface area (Å²) in [6.07, 6.45) is 5.13. The summed E-state index contributed by atoms with van der Waals surface area (Å²) in [6, 6.07) is 4.88. The molecule has 5 nitrogen and oxygen atoms in total. The fourth-order valence-corrected chi connectivity index (χ4v) is 2.31. The molecule has 3 heterocycles. The molecular formula is C14H16FN5. The highest BCUT2D eigenvalue weighted by Gasteiger charge is 2.19. The van der Waals surface area contributed by atoms with Gasteiger partial charge in [-0.1, -0.05) is 0 Å². The maximum absolute atomic E-state index is 13.6. The van der Waals surface area contributed by atoms with Crippen LogP contribution < -0.4 is 4.90 Å². The summed E-state index contributed by atoms with van der Waals surface area (Å²) >= 11 is 0. The summed E-state index contributed by atoms with van der Waals surface area (Å²) in [7, 11) is 0. The second kappa shape index (κ2) is 5.92. The van der Waals surface area contributed by atoms with Crippen LogP contribution in [0.4, 0.5) is 10.3 Å². The molecule has 0 aliphatic carbocycles. The van der Waals surface area contributed by atoms with Gasteiger partial charge in [0.1, 0.15) is 5.82 Å². The molecule has 2 aromatic heterocycles. The van der Waals surface area contributed by atoms with E-state index in [1.165, 1.54) is 6.07 Å². The van der Waals surface area contributed by atoms with E-state index in [9.17, 15) is 4.39 Å².